The monoisotopic (exact) mass is 394 g/mol. The highest BCUT2D eigenvalue weighted by atomic mass is 79.9. The molecule has 1 aromatic carbocycles. The van der Waals surface area contributed by atoms with Gasteiger partial charge in [0.25, 0.3) is 0 Å². The lowest BCUT2D eigenvalue weighted by Gasteiger charge is -2.21. The molecule has 0 aliphatic heterocycles. The Bertz CT molecular complexity index is 569. The van der Waals surface area contributed by atoms with Gasteiger partial charge in [-0.1, -0.05) is 44.8 Å². The highest BCUT2D eigenvalue weighted by Gasteiger charge is 2.14. The number of hydrogen-bond donors (Lipinski definition) is 2. The van der Waals surface area contributed by atoms with E-state index in [4.69, 9.17) is 10.5 Å². The Kier molecular flexibility index (Phi) is 7.79. The van der Waals surface area contributed by atoms with Crippen LogP contribution in [0.15, 0.2) is 29.3 Å². The first-order valence-corrected chi connectivity index (χ1v) is 9.47. The van der Waals surface area contributed by atoms with Crippen molar-refractivity contribution in [3.05, 3.63) is 40.4 Å². The molecule has 132 valence electrons. The van der Waals surface area contributed by atoms with Crippen molar-refractivity contribution >= 4 is 27.6 Å². The van der Waals surface area contributed by atoms with Crippen LogP contribution in [-0.2, 0) is 11.3 Å². The number of nitrogens with two attached hydrogens (primary N) is 1. The highest BCUT2D eigenvalue weighted by Crippen LogP contribution is 2.27. The topological polar surface area (TPSA) is 64.3 Å². The van der Waals surface area contributed by atoms with E-state index in [2.05, 4.69) is 27.8 Å². The van der Waals surface area contributed by atoms with E-state index in [0.717, 1.165) is 22.5 Å². The van der Waals surface area contributed by atoms with Crippen LogP contribution < -0.4 is 11.1 Å². The van der Waals surface area contributed by atoms with Gasteiger partial charge in [-0.25, -0.2) is 4.79 Å². The Hall–Kier alpha value is -1.33. The largest absolute Gasteiger partial charge is 0.458 e. The predicted octanol–water partition coefficient (Wildman–Crippen LogP) is 4.43. The summed E-state index contributed by atoms with van der Waals surface area (Å²) < 4.78 is 5.81. The second-order valence-electron chi connectivity index (χ2n) is 6.39. The number of halogens is 1. The predicted molar refractivity (Wildman–Crippen MR) is 102 cm³/mol. The Morgan fingerprint density at radius 1 is 1.38 bits per heavy atom. The van der Waals surface area contributed by atoms with E-state index in [1.165, 1.54) is 38.5 Å². The summed E-state index contributed by atoms with van der Waals surface area (Å²) in [5, 5.41) is 3.46. The first-order valence-electron chi connectivity index (χ1n) is 8.68. The van der Waals surface area contributed by atoms with Gasteiger partial charge in [-0.3, -0.25) is 0 Å². The molecule has 0 unspecified atom stereocenters. The maximum absolute atomic E-state index is 12.0. The fourth-order valence-corrected chi connectivity index (χ4v) is 3.66. The lowest BCUT2D eigenvalue weighted by Crippen LogP contribution is -2.20. The third kappa shape index (κ3) is 5.64. The molecule has 1 aliphatic carbocycles. The SMILES string of the molecule is C=CCOC(=O)c1cc(Br)c(N)c(CNCCC2CCCCC2)c1. The Morgan fingerprint density at radius 2 is 2.12 bits per heavy atom. The molecule has 0 radical (unpaired) electrons. The minimum Gasteiger partial charge on any atom is -0.458 e. The van der Waals surface area contributed by atoms with Crippen LogP contribution in [0.25, 0.3) is 0 Å². The molecule has 0 saturated heterocycles. The van der Waals surface area contributed by atoms with E-state index in [9.17, 15) is 4.79 Å². The van der Waals surface area contributed by atoms with Gasteiger partial charge in [-0.2, -0.15) is 0 Å². The van der Waals surface area contributed by atoms with Crippen molar-refractivity contribution in [2.24, 2.45) is 5.92 Å². The van der Waals surface area contributed by atoms with Crippen LogP contribution in [0.4, 0.5) is 5.69 Å². The molecule has 24 heavy (non-hydrogen) atoms. The standard InChI is InChI=1S/C19H27BrN2O2/c1-2-10-24-19(23)15-11-16(18(21)17(20)12-15)13-22-9-8-14-6-4-3-5-7-14/h2,11-12,14,22H,1,3-10,13,21H2. The maximum atomic E-state index is 12.0. The Morgan fingerprint density at radius 3 is 2.83 bits per heavy atom. The molecule has 3 N–H and O–H groups in total. The second-order valence-corrected chi connectivity index (χ2v) is 7.24. The van der Waals surface area contributed by atoms with Gasteiger partial charge in [0.15, 0.2) is 0 Å². The van der Waals surface area contributed by atoms with E-state index in [-0.39, 0.29) is 12.6 Å². The fourth-order valence-electron chi connectivity index (χ4n) is 3.16. The molecule has 1 aromatic rings. The first-order chi connectivity index (χ1) is 11.6. The molecule has 1 saturated carbocycles. The van der Waals surface area contributed by atoms with Gasteiger partial charge in [0.05, 0.1) is 11.3 Å². The summed E-state index contributed by atoms with van der Waals surface area (Å²) in [6.45, 7) is 5.38. The molecule has 2 rings (SSSR count). The van der Waals surface area contributed by atoms with Gasteiger partial charge >= 0.3 is 5.97 Å². The van der Waals surface area contributed by atoms with Gasteiger partial charge in [-0.15, -0.1) is 0 Å². The van der Waals surface area contributed by atoms with Gasteiger partial charge in [0, 0.05) is 11.0 Å². The number of carbonyl (C=O) groups is 1. The number of carbonyl (C=O) groups excluding carboxylic acids is 1. The van der Waals surface area contributed by atoms with E-state index in [1.807, 2.05) is 0 Å². The van der Waals surface area contributed by atoms with Gasteiger partial charge < -0.3 is 15.8 Å². The molecule has 0 amide bonds. The van der Waals surface area contributed by atoms with Crippen molar-refractivity contribution in [3.63, 3.8) is 0 Å². The number of anilines is 1. The zero-order valence-electron chi connectivity index (χ0n) is 14.2. The molecule has 0 heterocycles. The number of esters is 1. The summed E-state index contributed by atoms with van der Waals surface area (Å²) >= 11 is 3.42. The average Bonchev–Trinajstić information content (AvgIpc) is 2.60. The van der Waals surface area contributed by atoms with Crippen LogP contribution >= 0.6 is 15.9 Å². The van der Waals surface area contributed by atoms with E-state index in [1.54, 1.807) is 18.2 Å². The second kappa shape index (κ2) is 9.84. The Balaban J connectivity index is 1.89. The number of hydrogen-bond acceptors (Lipinski definition) is 4. The van der Waals surface area contributed by atoms with Crippen molar-refractivity contribution in [1.82, 2.24) is 5.32 Å². The zero-order valence-corrected chi connectivity index (χ0v) is 15.7. The van der Waals surface area contributed by atoms with E-state index >= 15 is 0 Å². The maximum Gasteiger partial charge on any atom is 0.338 e. The van der Waals surface area contributed by atoms with Gasteiger partial charge in [-0.05, 0) is 52.5 Å². The highest BCUT2D eigenvalue weighted by molar-refractivity contribution is 9.10. The Labute approximate surface area is 153 Å². The van der Waals surface area contributed by atoms with Crippen molar-refractivity contribution < 1.29 is 9.53 Å². The van der Waals surface area contributed by atoms with Gasteiger partial charge in [0.2, 0.25) is 0 Å². The van der Waals surface area contributed by atoms with Crippen LogP contribution in [0.2, 0.25) is 0 Å². The van der Waals surface area contributed by atoms with Crippen molar-refractivity contribution in [2.45, 2.75) is 45.1 Å². The van der Waals surface area contributed by atoms with Crippen LogP contribution in [-0.4, -0.2) is 19.1 Å². The number of benzene rings is 1. The molecule has 0 aromatic heterocycles. The quantitative estimate of drug-likeness (QED) is 0.296. The lowest BCUT2D eigenvalue weighted by atomic mass is 9.87. The minimum atomic E-state index is -0.362. The van der Waals surface area contributed by atoms with Crippen molar-refractivity contribution in [3.8, 4) is 0 Å². The summed E-state index contributed by atoms with van der Waals surface area (Å²) in [5.74, 6) is 0.495. The van der Waals surface area contributed by atoms with E-state index in [0.29, 0.717) is 17.8 Å². The molecular weight excluding hydrogens is 368 g/mol. The summed E-state index contributed by atoms with van der Waals surface area (Å²) in [6.07, 6.45) is 9.63. The smallest absolute Gasteiger partial charge is 0.338 e. The summed E-state index contributed by atoms with van der Waals surface area (Å²) in [5.41, 5.74) is 8.21. The minimum absolute atomic E-state index is 0.204. The molecule has 1 aliphatic rings. The van der Waals surface area contributed by atoms with Crippen molar-refractivity contribution in [1.29, 1.82) is 0 Å². The molecule has 4 nitrogen and oxygen atoms in total. The molecule has 0 spiro atoms. The zero-order chi connectivity index (χ0) is 17.4. The first kappa shape index (κ1) is 19.0. The van der Waals surface area contributed by atoms with E-state index < -0.39 is 0 Å². The summed E-state index contributed by atoms with van der Waals surface area (Å²) in [4.78, 5) is 12.0. The average molecular weight is 395 g/mol. The van der Waals surface area contributed by atoms with Crippen LogP contribution in [0.5, 0.6) is 0 Å². The number of ether oxygens (including phenoxy) is 1. The summed E-state index contributed by atoms with van der Waals surface area (Å²) in [7, 11) is 0. The number of nitrogens with one attached hydrogen (secondary N) is 1. The molecule has 0 bridgehead atoms. The van der Waals surface area contributed by atoms with Crippen LogP contribution in [0, 0.1) is 5.92 Å². The number of nitrogen functional groups attached to an aromatic ring is 1. The van der Waals surface area contributed by atoms with Crippen molar-refractivity contribution in [2.75, 3.05) is 18.9 Å². The van der Waals surface area contributed by atoms with Crippen LogP contribution in [0.1, 0.15) is 54.4 Å². The third-order valence-electron chi connectivity index (χ3n) is 4.55. The van der Waals surface area contributed by atoms with Crippen LogP contribution in [0.3, 0.4) is 0 Å². The summed E-state index contributed by atoms with van der Waals surface area (Å²) in [6, 6.07) is 3.51. The molecular formula is C19H27BrN2O2. The fraction of sp³-hybridized carbons (Fsp3) is 0.526. The number of rotatable bonds is 8. The normalized spacial score (nSPS) is 15.2. The molecule has 0 atom stereocenters. The van der Waals surface area contributed by atoms with Gasteiger partial charge in [0.1, 0.15) is 6.61 Å². The third-order valence-corrected chi connectivity index (χ3v) is 5.21. The molecule has 1 fully saturated rings. The molecule has 5 heteroatoms. The lowest BCUT2D eigenvalue weighted by molar-refractivity contribution is 0.0549.